The minimum atomic E-state index is -0.621. The summed E-state index contributed by atoms with van der Waals surface area (Å²) < 4.78 is 5.38. The van der Waals surface area contributed by atoms with E-state index in [1.807, 2.05) is 20.8 Å². The van der Waals surface area contributed by atoms with Crippen molar-refractivity contribution in [1.29, 1.82) is 0 Å². The summed E-state index contributed by atoms with van der Waals surface area (Å²) in [6, 6.07) is 0.245. The van der Waals surface area contributed by atoms with E-state index in [0.717, 1.165) is 19.4 Å². The summed E-state index contributed by atoms with van der Waals surface area (Å²) >= 11 is 0. The van der Waals surface area contributed by atoms with Crippen LogP contribution in [0.3, 0.4) is 0 Å². The molecule has 0 saturated carbocycles. The molecule has 3 N–H and O–H groups in total. The zero-order valence-corrected chi connectivity index (χ0v) is 11.0. The van der Waals surface area contributed by atoms with Gasteiger partial charge in [-0.2, -0.15) is 0 Å². The van der Waals surface area contributed by atoms with Gasteiger partial charge >= 0.3 is 0 Å². The first kappa shape index (κ1) is 15.4. The number of carbonyl (C=O) groups is 1. The van der Waals surface area contributed by atoms with Crippen molar-refractivity contribution in [2.75, 3.05) is 13.2 Å². The van der Waals surface area contributed by atoms with E-state index in [9.17, 15) is 4.79 Å². The highest BCUT2D eigenvalue weighted by Crippen LogP contribution is 2.13. The molecule has 0 bridgehead atoms. The van der Waals surface area contributed by atoms with Crippen LogP contribution in [0.4, 0.5) is 0 Å². The van der Waals surface area contributed by atoms with E-state index < -0.39 is 5.54 Å². The van der Waals surface area contributed by atoms with Crippen LogP contribution in [-0.4, -0.2) is 30.7 Å². The van der Waals surface area contributed by atoms with Crippen LogP contribution < -0.4 is 11.1 Å². The minimum Gasteiger partial charge on any atom is -0.381 e. The molecule has 0 aliphatic carbocycles. The third kappa shape index (κ3) is 6.08. The van der Waals surface area contributed by atoms with Crippen molar-refractivity contribution in [2.24, 2.45) is 5.73 Å². The number of carbonyl (C=O) groups excluding carboxylic acids is 1. The molecule has 16 heavy (non-hydrogen) atoms. The van der Waals surface area contributed by atoms with Gasteiger partial charge in [-0.05, 0) is 40.0 Å². The SMILES string of the molecule is CCCOCCCC(C)(NC(C)C)C(N)=O. The van der Waals surface area contributed by atoms with E-state index in [1.165, 1.54) is 0 Å². The van der Waals surface area contributed by atoms with Crippen LogP contribution in [0.2, 0.25) is 0 Å². The van der Waals surface area contributed by atoms with E-state index in [0.29, 0.717) is 13.0 Å². The molecule has 0 radical (unpaired) electrons. The summed E-state index contributed by atoms with van der Waals surface area (Å²) in [7, 11) is 0. The quantitative estimate of drug-likeness (QED) is 0.589. The normalized spacial score (nSPS) is 15.1. The maximum atomic E-state index is 11.4. The molecule has 0 aromatic heterocycles. The molecular weight excluding hydrogens is 204 g/mol. The van der Waals surface area contributed by atoms with Crippen molar-refractivity contribution < 1.29 is 9.53 Å². The Hall–Kier alpha value is -0.610. The molecule has 1 atom stereocenters. The monoisotopic (exact) mass is 230 g/mol. The van der Waals surface area contributed by atoms with Crippen LogP contribution >= 0.6 is 0 Å². The fourth-order valence-electron chi connectivity index (χ4n) is 1.68. The molecule has 0 rings (SSSR count). The molecule has 4 nitrogen and oxygen atoms in total. The number of nitrogens with one attached hydrogen (secondary N) is 1. The second kappa shape index (κ2) is 7.63. The van der Waals surface area contributed by atoms with Gasteiger partial charge < -0.3 is 15.8 Å². The second-order valence-corrected chi connectivity index (χ2v) is 4.71. The third-order valence-electron chi connectivity index (χ3n) is 2.46. The number of amides is 1. The highest BCUT2D eigenvalue weighted by atomic mass is 16.5. The molecule has 4 heteroatoms. The van der Waals surface area contributed by atoms with Gasteiger partial charge in [-0.1, -0.05) is 6.92 Å². The predicted octanol–water partition coefficient (Wildman–Crippen LogP) is 1.44. The van der Waals surface area contributed by atoms with Gasteiger partial charge in [0.2, 0.25) is 5.91 Å². The summed E-state index contributed by atoms with van der Waals surface area (Å²) in [6.45, 7) is 9.42. The van der Waals surface area contributed by atoms with Gasteiger partial charge in [0.15, 0.2) is 0 Å². The molecule has 1 amide bonds. The second-order valence-electron chi connectivity index (χ2n) is 4.71. The van der Waals surface area contributed by atoms with Gasteiger partial charge in [0, 0.05) is 19.3 Å². The Kier molecular flexibility index (Phi) is 7.34. The molecular formula is C12H26N2O2. The molecule has 96 valence electrons. The lowest BCUT2D eigenvalue weighted by Gasteiger charge is -2.29. The van der Waals surface area contributed by atoms with Crippen LogP contribution in [0.1, 0.15) is 47.0 Å². The van der Waals surface area contributed by atoms with Crippen LogP contribution in [0.5, 0.6) is 0 Å². The van der Waals surface area contributed by atoms with Crippen molar-refractivity contribution in [3.05, 3.63) is 0 Å². The van der Waals surface area contributed by atoms with Crippen molar-refractivity contribution in [3.63, 3.8) is 0 Å². The van der Waals surface area contributed by atoms with Crippen molar-refractivity contribution in [2.45, 2.75) is 58.5 Å². The molecule has 0 aliphatic heterocycles. The van der Waals surface area contributed by atoms with Gasteiger partial charge in [-0.15, -0.1) is 0 Å². The van der Waals surface area contributed by atoms with Crippen LogP contribution in [-0.2, 0) is 9.53 Å². The molecule has 0 saturated heterocycles. The maximum Gasteiger partial charge on any atom is 0.237 e. The summed E-state index contributed by atoms with van der Waals surface area (Å²) in [6.07, 6.45) is 2.58. The van der Waals surface area contributed by atoms with Gasteiger partial charge in [-0.25, -0.2) is 0 Å². The standard InChI is InChI=1S/C12H26N2O2/c1-5-8-16-9-6-7-12(4,11(13)15)14-10(2)3/h10,14H,5-9H2,1-4H3,(H2,13,15). The lowest BCUT2D eigenvalue weighted by atomic mass is 9.94. The van der Waals surface area contributed by atoms with Crippen molar-refractivity contribution >= 4 is 5.91 Å². The first-order valence-electron chi connectivity index (χ1n) is 6.07. The Morgan fingerprint density at radius 1 is 1.44 bits per heavy atom. The predicted molar refractivity (Wildman–Crippen MR) is 66.2 cm³/mol. The van der Waals surface area contributed by atoms with Crippen molar-refractivity contribution in [3.8, 4) is 0 Å². The Balaban J connectivity index is 3.98. The maximum absolute atomic E-state index is 11.4. The highest BCUT2D eigenvalue weighted by Gasteiger charge is 2.30. The fraction of sp³-hybridized carbons (Fsp3) is 0.917. The van der Waals surface area contributed by atoms with E-state index >= 15 is 0 Å². The Labute approximate surface area is 98.9 Å². The Morgan fingerprint density at radius 2 is 2.06 bits per heavy atom. The number of hydrogen-bond acceptors (Lipinski definition) is 3. The summed E-state index contributed by atoms with van der Waals surface area (Å²) in [4.78, 5) is 11.4. The summed E-state index contributed by atoms with van der Waals surface area (Å²) in [5.74, 6) is -0.295. The zero-order valence-electron chi connectivity index (χ0n) is 11.0. The molecule has 0 aromatic carbocycles. The Bertz CT molecular complexity index is 207. The minimum absolute atomic E-state index is 0.245. The lowest BCUT2D eigenvalue weighted by Crippen LogP contribution is -2.55. The topological polar surface area (TPSA) is 64.3 Å². The molecule has 1 unspecified atom stereocenters. The molecule has 0 heterocycles. The van der Waals surface area contributed by atoms with E-state index in [-0.39, 0.29) is 11.9 Å². The third-order valence-corrected chi connectivity index (χ3v) is 2.46. The average Bonchev–Trinajstić information content (AvgIpc) is 2.16. The van der Waals surface area contributed by atoms with Crippen LogP contribution in [0.15, 0.2) is 0 Å². The van der Waals surface area contributed by atoms with Crippen LogP contribution in [0, 0.1) is 0 Å². The van der Waals surface area contributed by atoms with E-state index in [4.69, 9.17) is 10.5 Å². The first-order chi connectivity index (χ1) is 7.42. The molecule has 0 fully saturated rings. The fourth-order valence-corrected chi connectivity index (χ4v) is 1.68. The average molecular weight is 230 g/mol. The number of primary amides is 1. The van der Waals surface area contributed by atoms with Crippen molar-refractivity contribution in [1.82, 2.24) is 5.32 Å². The van der Waals surface area contributed by atoms with Gasteiger partial charge in [0.1, 0.15) is 0 Å². The molecule has 0 aromatic rings. The van der Waals surface area contributed by atoms with Crippen LogP contribution in [0.25, 0.3) is 0 Å². The Morgan fingerprint density at radius 3 is 2.50 bits per heavy atom. The smallest absolute Gasteiger partial charge is 0.237 e. The lowest BCUT2D eigenvalue weighted by molar-refractivity contribution is -0.124. The molecule has 0 aliphatic rings. The zero-order chi connectivity index (χ0) is 12.6. The van der Waals surface area contributed by atoms with E-state index in [2.05, 4.69) is 12.2 Å². The van der Waals surface area contributed by atoms with Gasteiger partial charge in [-0.3, -0.25) is 4.79 Å². The number of nitrogens with two attached hydrogens (primary N) is 1. The molecule has 0 spiro atoms. The number of hydrogen-bond donors (Lipinski definition) is 2. The van der Waals surface area contributed by atoms with Gasteiger partial charge in [0.25, 0.3) is 0 Å². The number of rotatable bonds is 9. The first-order valence-corrected chi connectivity index (χ1v) is 6.07. The summed E-state index contributed by atoms with van der Waals surface area (Å²) in [5.41, 5.74) is 4.80. The largest absolute Gasteiger partial charge is 0.381 e. The van der Waals surface area contributed by atoms with Gasteiger partial charge in [0.05, 0.1) is 5.54 Å². The highest BCUT2D eigenvalue weighted by molar-refractivity contribution is 5.84. The number of ether oxygens (including phenoxy) is 1. The summed E-state index contributed by atoms with van der Waals surface area (Å²) in [5, 5.41) is 3.22. The van der Waals surface area contributed by atoms with E-state index in [1.54, 1.807) is 0 Å².